The Hall–Kier alpha value is -2.57. The van der Waals surface area contributed by atoms with Crippen molar-refractivity contribution in [1.29, 1.82) is 0 Å². The molecule has 1 rings (SSSR count). The molecule has 0 saturated heterocycles. The van der Waals surface area contributed by atoms with Gasteiger partial charge < -0.3 is 20.3 Å². The minimum atomic E-state index is -0.800. The minimum Gasteiger partial charge on any atom is -0.444 e. The van der Waals surface area contributed by atoms with Gasteiger partial charge in [-0.2, -0.15) is 0 Å². The van der Waals surface area contributed by atoms with Gasteiger partial charge in [-0.3, -0.25) is 9.59 Å². The van der Waals surface area contributed by atoms with Crippen LogP contribution in [0.1, 0.15) is 78.0 Å². The first-order valence-electron chi connectivity index (χ1n) is 11.5. The van der Waals surface area contributed by atoms with E-state index in [-0.39, 0.29) is 17.7 Å². The molecule has 7 heteroatoms. The molecule has 0 fully saturated rings. The van der Waals surface area contributed by atoms with Gasteiger partial charge in [0, 0.05) is 13.6 Å². The lowest BCUT2D eigenvalue weighted by atomic mass is 9.99. The Bertz CT molecular complexity index is 753. The average molecular weight is 448 g/mol. The first kappa shape index (κ1) is 27.5. The van der Waals surface area contributed by atoms with Crippen molar-refractivity contribution in [2.45, 2.75) is 85.4 Å². The van der Waals surface area contributed by atoms with Crippen LogP contribution in [0.15, 0.2) is 24.3 Å². The standard InChI is InChI=1S/C25H41N3O4/c1-9-10-15-26-22(29)21(19-13-11-18(4)12-14-19)28(8)23(30)20(16-17(2)3)27-24(31)32-25(5,6)7/h11-14,17,20-21H,9-10,15-16H2,1-8H3,(H,26,29)(H,27,31). The van der Waals surface area contributed by atoms with Gasteiger partial charge in [0.05, 0.1) is 0 Å². The molecule has 0 aliphatic rings. The van der Waals surface area contributed by atoms with E-state index >= 15 is 0 Å². The predicted octanol–water partition coefficient (Wildman–Crippen LogP) is 4.35. The van der Waals surface area contributed by atoms with Gasteiger partial charge >= 0.3 is 6.09 Å². The van der Waals surface area contributed by atoms with E-state index in [2.05, 4.69) is 17.6 Å². The second-order valence-corrected chi connectivity index (χ2v) is 9.74. The van der Waals surface area contributed by atoms with Crippen LogP contribution in [0.2, 0.25) is 0 Å². The summed E-state index contributed by atoms with van der Waals surface area (Å²) >= 11 is 0. The summed E-state index contributed by atoms with van der Waals surface area (Å²) in [4.78, 5) is 40.4. The van der Waals surface area contributed by atoms with E-state index in [9.17, 15) is 14.4 Å². The molecule has 0 aromatic heterocycles. The third kappa shape index (κ3) is 9.28. The zero-order valence-corrected chi connectivity index (χ0v) is 21.0. The number of aryl methyl sites for hydroxylation is 1. The molecule has 1 aromatic rings. The number of likely N-dealkylation sites (N-methyl/N-ethyl adjacent to an activating group) is 1. The zero-order chi connectivity index (χ0) is 24.5. The lowest BCUT2D eigenvalue weighted by molar-refractivity contribution is -0.141. The summed E-state index contributed by atoms with van der Waals surface area (Å²) in [6.45, 7) is 13.8. The van der Waals surface area contributed by atoms with Crippen LogP contribution >= 0.6 is 0 Å². The Morgan fingerprint density at radius 2 is 1.69 bits per heavy atom. The number of hydrogen-bond acceptors (Lipinski definition) is 4. The Kier molecular flexibility index (Phi) is 10.7. The summed E-state index contributed by atoms with van der Waals surface area (Å²) in [6, 6.07) is 5.97. The van der Waals surface area contributed by atoms with Crippen molar-refractivity contribution in [3.8, 4) is 0 Å². The van der Waals surface area contributed by atoms with Crippen LogP contribution < -0.4 is 10.6 Å². The monoisotopic (exact) mass is 447 g/mol. The Morgan fingerprint density at radius 3 is 2.19 bits per heavy atom. The van der Waals surface area contributed by atoms with Crippen molar-refractivity contribution in [3.63, 3.8) is 0 Å². The summed E-state index contributed by atoms with van der Waals surface area (Å²) in [5.41, 5.74) is 1.11. The van der Waals surface area contributed by atoms with Crippen LogP contribution in [-0.4, -0.2) is 48.0 Å². The molecule has 1 aromatic carbocycles. The number of unbranched alkanes of at least 4 members (excludes halogenated alkanes) is 1. The Balaban J connectivity index is 3.17. The summed E-state index contributed by atoms with van der Waals surface area (Å²) in [6.07, 6.45) is 1.60. The average Bonchev–Trinajstić information content (AvgIpc) is 2.67. The first-order valence-corrected chi connectivity index (χ1v) is 11.5. The van der Waals surface area contributed by atoms with Gasteiger partial charge in [-0.15, -0.1) is 0 Å². The summed E-state index contributed by atoms with van der Waals surface area (Å²) in [5.74, 6) is -0.414. The maximum absolute atomic E-state index is 13.5. The Labute approximate surface area is 193 Å². The number of carbonyl (C=O) groups is 3. The highest BCUT2D eigenvalue weighted by atomic mass is 16.6. The van der Waals surface area contributed by atoms with Crippen molar-refractivity contribution >= 4 is 17.9 Å². The highest BCUT2D eigenvalue weighted by molar-refractivity contribution is 5.92. The van der Waals surface area contributed by atoms with E-state index in [1.807, 2.05) is 45.0 Å². The highest BCUT2D eigenvalue weighted by Gasteiger charge is 2.34. The molecule has 0 aliphatic carbocycles. The fraction of sp³-hybridized carbons (Fsp3) is 0.640. The third-order valence-corrected chi connectivity index (χ3v) is 4.90. The topological polar surface area (TPSA) is 87.7 Å². The van der Waals surface area contributed by atoms with Crippen LogP contribution in [0.25, 0.3) is 0 Å². The number of carbonyl (C=O) groups excluding carboxylic acids is 3. The van der Waals surface area contributed by atoms with E-state index in [1.165, 1.54) is 4.90 Å². The summed E-state index contributed by atoms with van der Waals surface area (Å²) < 4.78 is 5.35. The fourth-order valence-corrected chi connectivity index (χ4v) is 3.30. The number of hydrogen-bond donors (Lipinski definition) is 2. The molecule has 180 valence electrons. The summed E-state index contributed by atoms with van der Waals surface area (Å²) in [5, 5.41) is 5.65. The minimum absolute atomic E-state index is 0.156. The third-order valence-electron chi connectivity index (χ3n) is 4.90. The number of nitrogens with zero attached hydrogens (tertiary/aromatic N) is 1. The van der Waals surface area contributed by atoms with Gasteiger partial charge in [0.25, 0.3) is 0 Å². The molecule has 2 atom stereocenters. The lowest BCUT2D eigenvalue weighted by Crippen LogP contribution is -2.52. The maximum atomic E-state index is 13.5. The number of amides is 3. The van der Waals surface area contributed by atoms with Gasteiger partial charge in [0.1, 0.15) is 17.7 Å². The molecule has 7 nitrogen and oxygen atoms in total. The number of nitrogens with one attached hydrogen (secondary N) is 2. The largest absolute Gasteiger partial charge is 0.444 e. The molecule has 0 radical (unpaired) electrons. The van der Waals surface area contributed by atoms with E-state index in [0.29, 0.717) is 13.0 Å². The number of benzene rings is 1. The SMILES string of the molecule is CCCCNC(=O)C(c1ccc(C)cc1)N(C)C(=O)C(CC(C)C)NC(=O)OC(C)(C)C. The van der Waals surface area contributed by atoms with Crippen molar-refractivity contribution in [1.82, 2.24) is 15.5 Å². The van der Waals surface area contributed by atoms with E-state index < -0.39 is 23.8 Å². The highest BCUT2D eigenvalue weighted by Crippen LogP contribution is 2.23. The molecular formula is C25H41N3O4. The van der Waals surface area contributed by atoms with E-state index in [0.717, 1.165) is 24.0 Å². The van der Waals surface area contributed by atoms with Gasteiger partial charge in [-0.25, -0.2) is 4.79 Å². The van der Waals surface area contributed by atoms with E-state index in [4.69, 9.17) is 4.74 Å². The van der Waals surface area contributed by atoms with Crippen LogP contribution in [0.5, 0.6) is 0 Å². The second kappa shape index (κ2) is 12.5. The molecule has 0 bridgehead atoms. The normalized spacial score (nSPS) is 13.3. The first-order chi connectivity index (χ1) is 14.9. The van der Waals surface area contributed by atoms with Gasteiger partial charge in [-0.1, -0.05) is 57.0 Å². The maximum Gasteiger partial charge on any atom is 0.408 e. The fourth-order valence-electron chi connectivity index (χ4n) is 3.30. The van der Waals surface area contributed by atoms with Crippen LogP contribution in [-0.2, 0) is 14.3 Å². The second-order valence-electron chi connectivity index (χ2n) is 9.74. The van der Waals surface area contributed by atoms with E-state index in [1.54, 1.807) is 27.8 Å². The lowest BCUT2D eigenvalue weighted by Gasteiger charge is -2.32. The Morgan fingerprint density at radius 1 is 1.09 bits per heavy atom. The molecule has 0 aliphatic heterocycles. The predicted molar refractivity (Wildman–Crippen MR) is 127 cm³/mol. The smallest absolute Gasteiger partial charge is 0.408 e. The number of ether oxygens (including phenoxy) is 1. The molecule has 2 N–H and O–H groups in total. The van der Waals surface area contributed by atoms with Crippen molar-refractivity contribution in [2.75, 3.05) is 13.6 Å². The van der Waals surface area contributed by atoms with Crippen molar-refractivity contribution in [2.24, 2.45) is 5.92 Å². The number of alkyl carbamates (subject to hydrolysis) is 1. The molecule has 0 heterocycles. The van der Waals surface area contributed by atoms with Crippen LogP contribution in [0.4, 0.5) is 4.79 Å². The van der Waals surface area contributed by atoms with Gasteiger partial charge in [-0.05, 0) is 52.0 Å². The zero-order valence-electron chi connectivity index (χ0n) is 21.0. The van der Waals surface area contributed by atoms with Crippen molar-refractivity contribution < 1.29 is 19.1 Å². The molecule has 0 spiro atoms. The molecular weight excluding hydrogens is 406 g/mol. The molecule has 3 amide bonds. The molecule has 2 unspecified atom stereocenters. The number of rotatable bonds is 10. The van der Waals surface area contributed by atoms with Gasteiger partial charge in [0.2, 0.25) is 11.8 Å². The quantitative estimate of drug-likeness (QED) is 0.522. The van der Waals surface area contributed by atoms with Crippen LogP contribution in [0, 0.1) is 12.8 Å². The molecule has 0 saturated carbocycles. The van der Waals surface area contributed by atoms with Crippen LogP contribution in [0.3, 0.4) is 0 Å². The summed E-state index contributed by atoms with van der Waals surface area (Å²) in [7, 11) is 1.61. The van der Waals surface area contributed by atoms with Gasteiger partial charge in [0.15, 0.2) is 0 Å². The molecule has 32 heavy (non-hydrogen) atoms. The van der Waals surface area contributed by atoms with Crippen molar-refractivity contribution in [3.05, 3.63) is 35.4 Å².